The molecule has 1 N–H and O–H groups in total. The number of carbonyl (C=O) groups excluding carboxylic acids is 1. The van der Waals surface area contributed by atoms with Crippen molar-refractivity contribution in [3.05, 3.63) is 41.6 Å². The first-order valence-corrected chi connectivity index (χ1v) is 9.42. The van der Waals surface area contributed by atoms with Gasteiger partial charge in [0.05, 0.1) is 22.7 Å². The Morgan fingerprint density at radius 1 is 1.27 bits per heavy atom. The second kappa shape index (κ2) is 6.81. The summed E-state index contributed by atoms with van der Waals surface area (Å²) in [5.74, 6) is 0.166. The number of nitrogens with zero attached hydrogens (tertiary/aromatic N) is 3. The summed E-state index contributed by atoms with van der Waals surface area (Å²) in [5, 5.41) is 6.87. The van der Waals surface area contributed by atoms with Gasteiger partial charge in [0.2, 0.25) is 0 Å². The molecule has 3 rings (SSSR count). The number of carbonyl (C=O) groups is 1. The van der Waals surface area contributed by atoms with Gasteiger partial charge in [-0.2, -0.15) is 4.98 Å². The van der Waals surface area contributed by atoms with Crippen LogP contribution in [0.1, 0.15) is 0 Å². The minimum atomic E-state index is -3.41. The third-order valence-corrected chi connectivity index (χ3v) is 4.63. The highest BCUT2D eigenvalue weighted by Crippen LogP contribution is 2.27. The number of methoxy groups -OCH3 is 1. The van der Waals surface area contributed by atoms with E-state index in [1.807, 2.05) is 0 Å². The normalized spacial score (nSPS) is 11.3. The van der Waals surface area contributed by atoms with Crippen LogP contribution in [0.3, 0.4) is 0 Å². The molecular formula is C15H13ClN4O5S. The Balaban J connectivity index is 1.78. The van der Waals surface area contributed by atoms with E-state index in [0.29, 0.717) is 10.7 Å². The molecule has 0 atom stereocenters. The number of ether oxygens (including phenoxy) is 2. The highest BCUT2D eigenvalue weighted by Gasteiger charge is 2.16. The number of hydrogen-bond acceptors (Lipinski definition) is 7. The summed E-state index contributed by atoms with van der Waals surface area (Å²) in [5.41, 5.74) is 0.684. The highest BCUT2D eigenvalue weighted by molar-refractivity contribution is 7.90. The van der Waals surface area contributed by atoms with Crippen molar-refractivity contribution >= 4 is 38.9 Å². The summed E-state index contributed by atoms with van der Waals surface area (Å²) in [6, 6.07) is 7.12. The van der Waals surface area contributed by atoms with Gasteiger partial charge in [-0.15, -0.1) is 5.10 Å². The molecule has 0 unspecified atom stereocenters. The summed E-state index contributed by atoms with van der Waals surface area (Å²) in [7, 11) is -2.05. The Morgan fingerprint density at radius 2 is 2.04 bits per heavy atom. The summed E-state index contributed by atoms with van der Waals surface area (Å²) < 4.78 is 34.7. The number of hydrogen-bond donors (Lipinski definition) is 1. The minimum Gasteiger partial charge on any atom is -0.495 e. The van der Waals surface area contributed by atoms with Gasteiger partial charge in [-0.3, -0.25) is 5.32 Å². The standard InChI is InChI=1S/C15H13ClN4O5S/c1-24-12-7-10(26(2,22)23)4-5-11(12)17-15(21)25-14-18-13-6-3-9(16)8-20(13)19-14/h3-8H,1-2H3,(H,17,21). The van der Waals surface area contributed by atoms with E-state index < -0.39 is 15.9 Å². The molecule has 0 spiro atoms. The fourth-order valence-electron chi connectivity index (χ4n) is 2.10. The van der Waals surface area contributed by atoms with Gasteiger partial charge in [0.1, 0.15) is 5.75 Å². The largest absolute Gasteiger partial charge is 0.495 e. The van der Waals surface area contributed by atoms with E-state index >= 15 is 0 Å². The lowest BCUT2D eigenvalue weighted by Crippen LogP contribution is -2.18. The third kappa shape index (κ3) is 3.86. The maximum Gasteiger partial charge on any atom is 0.419 e. The van der Waals surface area contributed by atoms with Crippen LogP contribution >= 0.6 is 11.6 Å². The number of sulfone groups is 1. The molecule has 9 nitrogen and oxygen atoms in total. The molecule has 3 aromatic rings. The topological polar surface area (TPSA) is 112 Å². The van der Waals surface area contributed by atoms with E-state index in [0.717, 1.165) is 6.26 Å². The first kappa shape index (κ1) is 18.0. The third-order valence-electron chi connectivity index (χ3n) is 3.30. The number of fused-ring (bicyclic) bond motifs is 1. The Hall–Kier alpha value is -2.85. The van der Waals surface area contributed by atoms with Gasteiger partial charge in [-0.1, -0.05) is 11.6 Å². The van der Waals surface area contributed by atoms with Crippen molar-refractivity contribution in [2.75, 3.05) is 18.7 Å². The Bertz CT molecular complexity index is 1100. The molecule has 0 aliphatic heterocycles. The van der Waals surface area contributed by atoms with Crippen molar-refractivity contribution in [1.29, 1.82) is 0 Å². The number of pyridine rings is 1. The van der Waals surface area contributed by atoms with Crippen LogP contribution in [0.2, 0.25) is 5.02 Å². The predicted octanol–water partition coefficient (Wildman–Crippen LogP) is 2.41. The Morgan fingerprint density at radius 3 is 2.73 bits per heavy atom. The number of halogens is 1. The van der Waals surface area contributed by atoms with Gasteiger partial charge < -0.3 is 9.47 Å². The lowest BCUT2D eigenvalue weighted by atomic mass is 10.3. The molecule has 0 radical (unpaired) electrons. The maximum atomic E-state index is 12.1. The second-order valence-corrected chi connectivity index (χ2v) is 7.65. The molecule has 1 amide bonds. The van der Waals surface area contributed by atoms with Crippen molar-refractivity contribution in [2.45, 2.75) is 4.90 Å². The van der Waals surface area contributed by atoms with E-state index in [9.17, 15) is 13.2 Å². The molecule has 26 heavy (non-hydrogen) atoms. The SMILES string of the molecule is COc1cc(S(C)(=O)=O)ccc1NC(=O)Oc1nc2ccc(Cl)cn2n1. The molecule has 136 valence electrons. The monoisotopic (exact) mass is 396 g/mol. The molecule has 1 aromatic carbocycles. The minimum absolute atomic E-state index is 0.0622. The fraction of sp³-hybridized carbons (Fsp3) is 0.133. The number of amides is 1. The molecule has 0 fully saturated rings. The first-order valence-electron chi connectivity index (χ1n) is 7.15. The molecule has 2 heterocycles. The number of benzene rings is 1. The van der Waals surface area contributed by atoms with Crippen LogP contribution < -0.4 is 14.8 Å². The zero-order chi connectivity index (χ0) is 18.9. The van der Waals surface area contributed by atoms with E-state index in [-0.39, 0.29) is 22.3 Å². The lowest BCUT2D eigenvalue weighted by molar-refractivity contribution is 0.211. The fourth-order valence-corrected chi connectivity index (χ4v) is 2.90. The van der Waals surface area contributed by atoms with Gasteiger partial charge in [-0.05, 0) is 24.3 Å². The van der Waals surface area contributed by atoms with Crippen molar-refractivity contribution in [1.82, 2.24) is 14.6 Å². The first-order chi connectivity index (χ1) is 12.3. The molecule has 0 aliphatic carbocycles. The lowest BCUT2D eigenvalue weighted by Gasteiger charge is -2.10. The second-order valence-electron chi connectivity index (χ2n) is 5.19. The number of anilines is 1. The van der Waals surface area contributed by atoms with Crippen LogP contribution in [-0.2, 0) is 9.84 Å². The van der Waals surface area contributed by atoms with E-state index in [1.54, 1.807) is 12.1 Å². The molecule has 0 bridgehead atoms. The van der Waals surface area contributed by atoms with E-state index in [4.69, 9.17) is 21.1 Å². The van der Waals surface area contributed by atoms with Crippen LogP contribution in [0.4, 0.5) is 10.5 Å². The molecular weight excluding hydrogens is 384 g/mol. The predicted molar refractivity (Wildman–Crippen MR) is 93.7 cm³/mol. The number of aromatic nitrogens is 3. The van der Waals surface area contributed by atoms with Crippen molar-refractivity contribution in [2.24, 2.45) is 0 Å². The maximum absolute atomic E-state index is 12.1. The van der Waals surface area contributed by atoms with Gasteiger partial charge in [-0.25, -0.2) is 17.7 Å². The van der Waals surface area contributed by atoms with Gasteiger partial charge >= 0.3 is 12.1 Å². The van der Waals surface area contributed by atoms with Crippen LogP contribution in [0.25, 0.3) is 5.65 Å². The van der Waals surface area contributed by atoms with Crippen LogP contribution in [0.5, 0.6) is 11.8 Å². The highest BCUT2D eigenvalue weighted by atomic mass is 35.5. The van der Waals surface area contributed by atoms with Crippen LogP contribution in [-0.4, -0.2) is 42.5 Å². The summed E-state index contributed by atoms with van der Waals surface area (Å²) in [6.45, 7) is 0. The van der Waals surface area contributed by atoms with E-state index in [1.165, 1.54) is 36.0 Å². The number of nitrogens with one attached hydrogen (secondary N) is 1. The average Bonchev–Trinajstić information content (AvgIpc) is 2.95. The zero-order valence-electron chi connectivity index (χ0n) is 13.6. The molecule has 0 saturated carbocycles. The van der Waals surface area contributed by atoms with Crippen LogP contribution in [0, 0.1) is 0 Å². The van der Waals surface area contributed by atoms with E-state index in [2.05, 4.69) is 15.4 Å². The summed E-state index contributed by atoms with van der Waals surface area (Å²) >= 11 is 5.85. The zero-order valence-corrected chi connectivity index (χ0v) is 15.2. The molecule has 0 saturated heterocycles. The Labute approximate surface area is 153 Å². The molecule has 0 aliphatic rings. The summed E-state index contributed by atoms with van der Waals surface area (Å²) in [4.78, 5) is 16.1. The quantitative estimate of drug-likeness (QED) is 0.720. The molecule has 2 aromatic heterocycles. The van der Waals surface area contributed by atoms with Crippen molar-refractivity contribution in [3.8, 4) is 11.8 Å². The van der Waals surface area contributed by atoms with Gasteiger partial charge in [0.15, 0.2) is 15.5 Å². The van der Waals surface area contributed by atoms with Crippen molar-refractivity contribution in [3.63, 3.8) is 0 Å². The molecule has 11 heteroatoms. The van der Waals surface area contributed by atoms with Gasteiger partial charge in [0, 0.05) is 18.5 Å². The smallest absolute Gasteiger partial charge is 0.419 e. The van der Waals surface area contributed by atoms with Gasteiger partial charge in [0.25, 0.3) is 0 Å². The van der Waals surface area contributed by atoms with Crippen LogP contribution in [0.15, 0.2) is 41.4 Å². The summed E-state index contributed by atoms with van der Waals surface area (Å²) in [6.07, 6.45) is 1.73. The average molecular weight is 397 g/mol. The van der Waals surface area contributed by atoms with Crippen molar-refractivity contribution < 1.29 is 22.7 Å². The number of rotatable bonds is 4. The Kier molecular flexibility index (Phi) is 4.70.